The maximum atomic E-state index is 10.8. The maximum absolute atomic E-state index is 10.8. The summed E-state index contributed by atoms with van der Waals surface area (Å²) in [5.41, 5.74) is 0. The lowest BCUT2D eigenvalue weighted by Crippen LogP contribution is -2.44. The topological polar surface area (TPSA) is 86.6 Å². The molecule has 0 saturated heterocycles. The minimum absolute atomic E-state index is 0.160. The lowest BCUT2D eigenvalue weighted by Gasteiger charge is -2.12. The molecule has 0 aromatic rings. The number of nitrogens with one attached hydrogen (secondary N) is 1. The SMILES string of the molecule is O=CC(CS)NC(=O)C(O)CO. The Morgan fingerprint density at radius 2 is 2.25 bits per heavy atom. The molecule has 0 aliphatic carbocycles. The molecule has 0 saturated carbocycles. The standard InChI is InChI=1S/C6H11NO4S/c8-1-4(3-12)7-6(11)5(10)2-9/h1,4-5,9-10,12H,2-3H2,(H,7,11). The van der Waals surface area contributed by atoms with Gasteiger partial charge in [0.05, 0.1) is 12.6 Å². The van der Waals surface area contributed by atoms with Crippen LogP contribution in [0.1, 0.15) is 0 Å². The smallest absolute Gasteiger partial charge is 0.251 e. The van der Waals surface area contributed by atoms with E-state index in [1.54, 1.807) is 0 Å². The second-order valence-corrected chi connectivity index (χ2v) is 2.50. The van der Waals surface area contributed by atoms with E-state index in [9.17, 15) is 9.59 Å². The first kappa shape index (κ1) is 11.4. The van der Waals surface area contributed by atoms with Gasteiger partial charge in [-0.25, -0.2) is 0 Å². The summed E-state index contributed by atoms with van der Waals surface area (Å²) < 4.78 is 0. The molecule has 2 unspecified atom stereocenters. The summed E-state index contributed by atoms with van der Waals surface area (Å²) in [4.78, 5) is 21.0. The number of rotatable bonds is 5. The van der Waals surface area contributed by atoms with Crippen molar-refractivity contribution >= 4 is 24.8 Å². The molecular weight excluding hydrogens is 182 g/mol. The van der Waals surface area contributed by atoms with Crippen molar-refractivity contribution in [1.82, 2.24) is 5.32 Å². The monoisotopic (exact) mass is 193 g/mol. The summed E-state index contributed by atoms with van der Waals surface area (Å²) in [7, 11) is 0. The van der Waals surface area contributed by atoms with Crippen molar-refractivity contribution in [2.75, 3.05) is 12.4 Å². The normalized spacial score (nSPS) is 14.9. The first-order chi connectivity index (χ1) is 5.65. The van der Waals surface area contributed by atoms with Gasteiger partial charge in [0.15, 0.2) is 6.10 Å². The zero-order chi connectivity index (χ0) is 9.56. The van der Waals surface area contributed by atoms with E-state index >= 15 is 0 Å². The average molecular weight is 193 g/mol. The number of amides is 1. The lowest BCUT2D eigenvalue weighted by molar-refractivity contribution is -0.132. The van der Waals surface area contributed by atoms with Crippen molar-refractivity contribution in [3.8, 4) is 0 Å². The fourth-order valence-corrected chi connectivity index (χ4v) is 0.662. The molecular formula is C6H11NO4S. The molecule has 0 bridgehead atoms. The molecule has 70 valence electrons. The molecule has 0 spiro atoms. The number of aldehydes is 1. The Bertz CT molecular complexity index is 164. The van der Waals surface area contributed by atoms with E-state index in [0.717, 1.165) is 0 Å². The summed E-state index contributed by atoms with van der Waals surface area (Å²) in [6.45, 7) is -0.663. The van der Waals surface area contributed by atoms with Crippen molar-refractivity contribution < 1.29 is 19.8 Å². The highest BCUT2D eigenvalue weighted by Crippen LogP contribution is 1.86. The zero-order valence-corrected chi connectivity index (χ0v) is 7.20. The van der Waals surface area contributed by atoms with Crippen LogP contribution in [0.15, 0.2) is 0 Å². The van der Waals surface area contributed by atoms with Crippen LogP contribution in [-0.4, -0.2) is 46.9 Å². The largest absolute Gasteiger partial charge is 0.393 e. The molecule has 0 aliphatic rings. The van der Waals surface area contributed by atoms with Crippen LogP contribution < -0.4 is 5.32 Å². The van der Waals surface area contributed by atoms with Crippen molar-refractivity contribution in [3.05, 3.63) is 0 Å². The third kappa shape index (κ3) is 3.70. The van der Waals surface area contributed by atoms with Crippen LogP contribution in [0.5, 0.6) is 0 Å². The van der Waals surface area contributed by atoms with Crippen LogP contribution in [0.25, 0.3) is 0 Å². The molecule has 0 aromatic heterocycles. The van der Waals surface area contributed by atoms with Gasteiger partial charge < -0.3 is 20.3 Å². The minimum atomic E-state index is -1.48. The molecule has 0 rings (SSSR count). The Kier molecular flexibility index (Phi) is 5.69. The van der Waals surface area contributed by atoms with Crippen molar-refractivity contribution in [2.24, 2.45) is 0 Å². The van der Waals surface area contributed by atoms with Gasteiger partial charge in [0.1, 0.15) is 6.29 Å². The van der Waals surface area contributed by atoms with E-state index in [0.29, 0.717) is 6.29 Å². The number of aliphatic hydroxyl groups is 2. The Hall–Kier alpha value is -0.590. The van der Waals surface area contributed by atoms with Gasteiger partial charge in [0.25, 0.3) is 5.91 Å². The summed E-state index contributed by atoms with van der Waals surface area (Å²) in [5, 5.41) is 19.3. The van der Waals surface area contributed by atoms with Crippen LogP contribution >= 0.6 is 12.6 Å². The number of thiol groups is 1. The molecule has 0 heterocycles. The molecule has 0 aromatic carbocycles. The predicted molar refractivity (Wildman–Crippen MR) is 44.9 cm³/mol. The van der Waals surface area contributed by atoms with E-state index < -0.39 is 24.7 Å². The number of carbonyl (C=O) groups excluding carboxylic acids is 2. The van der Waals surface area contributed by atoms with E-state index in [4.69, 9.17) is 10.2 Å². The first-order valence-corrected chi connectivity index (χ1v) is 3.94. The average Bonchev–Trinajstić information content (AvgIpc) is 2.12. The highest BCUT2D eigenvalue weighted by molar-refractivity contribution is 7.80. The molecule has 2 atom stereocenters. The molecule has 0 aliphatic heterocycles. The van der Waals surface area contributed by atoms with Crippen molar-refractivity contribution in [1.29, 1.82) is 0 Å². The Labute approximate surface area is 75.2 Å². The fraction of sp³-hybridized carbons (Fsp3) is 0.667. The third-order valence-electron chi connectivity index (χ3n) is 1.16. The highest BCUT2D eigenvalue weighted by atomic mass is 32.1. The second-order valence-electron chi connectivity index (χ2n) is 2.13. The molecule has 5 nitrogen and oxygen atoms in total. The van der Waals surface area contributed by atoms with Gasteiger partial charge >= 0.3 is 0 Å². The van der Waals surface area contributed by atoms with Gasteiger partial charge in [0.2, 0.25) is 0 Å². The second kappa shape index (κ2) is 5.99. The van der Waals surface area contributed by atoms with Gasteiger partial charge in [-0.3, -0.25) is 4.79 Å². The number of aliphatic hydroxyl groups excluding tert-OH is 2. The molecule has 6 heteroatoms. The Balaban J connectivity index is 3.89. The molecule has 3 N–H and O–H groups in total. The van der Waals surface area contributed by atoms with Gasteiger partial charge in [-0.1, -0.05) is 0 Å². The van der Waals surface area contributed by atoms with Gasteiger partial charge in [-0.15, -0.1) is 0 Å². The van der Waals surface area contributed by atoms with Crippen LogP contribution in [-0.2, 0) is 9.59 Å². The summed E-state index contributed by atoms with van der Waals surface area (Å²) in [6, 6.07) is -0.720. The number of hydrogen-bond donors (Lipinski definition) is 4. The maximum Gasteiger partial charge on any atom is 0.251 e. The quantitative estimate of drug-likeness (QED) is 0.299. The van der Waals surface area contributed by atoms with Crippen LogP contribution in [0.4, 0.5) is 0 Å². The highest BCUT2D eigenvalue weighted by Gasteiger charge is 2.16. The van der Waals surface area contributed by atoms with E-state index in [2.05, 4.69) is 17.9 Å². The van der Waals surface area contributed by atoms with Crippen molar-refractivity contribution in [3.63, 3.8) is 0 Å². The molecule has 1 amide bonds. The molecule has 12 heavy (non-hydrogen) atoms. The summed E-state index contributed by atoms with van der Waals surface area (Å²) in [5.74, 6) is -0.614. The summed E-state index contributed by atoms with van der Waals surface area (Å²) in [6.07, 6.45) is -0.970. The minimum Gasteiger partial charge on any atom is -0.393 e. The van der Waals surface area contributed by atoms with Gasteiger partial charge in [-0.05, 0) is 0 Å². The Morgan fingerprint density at radius 1 is 1.67 bits per heavy atom. The van der Waals surface area contributed by atoms with Gasteiger partial charge in [0, 0.05) is 5.75 Å². The number of hydrogen-bond acceptors (Lipinski definition) is 5. The summed E-state index contributed by atoms with van der Waals surface area (Å²) >= 11 is 3.78. The van der Waals surface area contributed by atoms with Crippen LogP contribution in [0.2, 0.25) is 0 Å². The molecule has 0 fully saturated rings. The lowest BCUT2D eigenvalue weighted by atomic mass is 10.3. The van der Waals surface area contributed by atoms with Gasteiger partial charge in [-0.2, -0.15) is 12.6 Å². The fourth-order valence-electron chi connectivity index (χ4n) is 0.485. The van der Waals surface area contributed by atoms with Crippen LogP contribution in [0, 0.1) is 0 Å². The predicted octanol–water partition coefficient (Wildman–Crippen LogP) is -2.05. The number of carbonyl (C=O) groups is 2. The van der Waals surface area contributed by atoms with E-state index in [-0.39, 0.29) is 5.75 Å². The van der Waals surface area contributed by atoms with Crippen LogP contribution in [0.3, 0.4) is 0 Å². The Morgan fingerprint density at radius 3 is 2.58 bits per heavy atom. The zero-order valence-electron chi connectivity index (χ0n) is 6.30. The van der Waals surface area contributed by atoms with E-state index in [1.807, 2.05) is 0 Å². The van der Waals surface area contributed by atoms with Crippen molar-refractivity contribution in [2.45, 2.75) is 12.1 Å². The third-order valence-corrected chi connectivity index (χ3v) is 1.56. The molecule has 0 radical (unpaired) electrons. The first-order valence-electron chi connectivity index (χ1n) is 3.31. The van der Waals surface area contributed by atoms with E-state index in [1.165, 1.54) is 0 Å².